The highest BCUT2D eigenvalue weighted by molar-refractivity contribution is 9.10. The number of amides is 2. The number of rotatable bonds is 10. The summed E-state index contributed by atoms with van der Waals surface area (Å²) >= 11 is 4.73. The van der Waals surface area contributed by atoms with Crippen molar-refractivity contribution in [2.45, 2.75) is 61.6 Å². The van der Waals surface area contributed by atoms with Gasteiger partial charge in [0, 0.05) is 15.8 Å². The van der Waals surface area contributed by atoms with Crippen LogP contribution in [0.15, 0.2) is 88.2 Å². The molecule has 1 fully saturated rings. The van der Waals surface area contributed by atoms with Crippen molar-refractivity contribution < 1.29 is 23.1 Å². The molecule has 4 rings (SSSR count). The van der Waals surface area contributed by atoms with Crippen LogP contribution in [0.3, 0.4) is 0 Å². The monoisotopic (exact) mass is 659 g/mol. The summed E-state index contributed by atoms with van der Waals surface area (Å²) < 4.78 is 29.2. The molecule has 8 nitrogen and oxygen atoms in total. The van der Waals surface area contributed by atoms with Gasteiger partial charge in [-0.05, 0) is 68.1 Å². The minimum absolute atomic E-state index is 0.00438. The van der Waals surface area contributed by atoms with E-state index in [-0.39, 0.29) is 23.1 Å². The van der Waals surface area contributed by atoms with E-state index in [0.29, 0.717) is 11.0 Å². The van der Waals surface area contributed by atoms with Gasteiger partial charge < -0.3 is 15.3 Å². The summed E-state index contributed by atoms with van der Waals surface area (Å²) in [6.45, 7) is 6.03. The fraction of sp³-hybridized carbons (Fsp3) is 0.333. The summed E-state index contributed by atoms with van der Waals surface area (Å²) in [4.78, 5) is 28.6. The van der Waals surface area contributed by atoms with Crippen LogP contribution in [0.2, 0.25) is 0 Å². The van der Waals surface area contributed by atoms with Crippen molar-refractivity contribution in [2.24, 2.45) is 0 Å². The van der Waals surface area contributed by atoms with Gasteiger partial charge in [-0.2, -0.15) is 0 Å². The van der Waals surface area contributed by atoms with Crippen molar-refractivity contribution >= 4 is 49.5 Å². The van der Waals surface area contributed by atoms with Crippen LogP contribution in [0.1, 0.15) is 30.5 Å². The van der Waals surface area contributed by atoms with Crippen LogP contribution >= 0.6 is 27.7 Å². The minimum Gasteiger partial charge on any atom is -0.382 e. The number of halogens is 1. The number of aliphatic hydroxyl groups excluding tert-OH is 1. The average Bonchev–Trinajstić information content (AvgIpc) is 3.26. The van der Waals surface area contributed by atoms with E-state index in [9.17, 15) is 23.1 Å². The van der Waals surface area contributed by atoms with E-state index in [2.05, 4.69) is 26.0 Å². The highest BCUT2D eigenvalue weighted by Crippen LogP contribution is 2.40. The maximum atomic E-state index is 13.8. The third-order valence-corrected chi connectivity index (χ3v) is 10.6. The highest BCUT2D eigenvalue weighted by Gasteiger charge is 2.50. The van der Waals surface area contributed by atoms with Gasteiger partial charge in [-0.1, -0.05) is 70.5 Å². The number of hydrogen-bond acceptors (Lipinski definition) is 6. The first kappa shape index (κ1) is 31.2. The molecule has 0 aliphatic carbocycles. The summed E-state index contributed by atoms with van der Waals surface area (Å²) in [5.74, 6) is -0.861. The molecular formula is C30H34BrN3O5S2. The van der Waals surface area contributed by atoms with Gasteiger partial charge in [-0.15, -0.1) is 11.8 Å². The summed E-state index contributed by atoms with van der Waals surface area (Å²) in [7, 11) is -4.08. The maximum Gasteiger partial charge on any atom is 0.254 e. The second kappa shape index (κ2) is 13.1. The van der Waals surface area contributed by atoms with E-state index in [0.717, 1.165) is 16.7 Å². The first-order valence-electron chi connectivity index (χ1n) is 13.2. The van der Waals surface area contributed by atoms with E-state index in [1.54, 1.807) is 36.4 Å². The molecule has 3 aromatic carbocycles. The Labute approximate surface area is 254 Å². The molecule has 1 aliphatic heterocycles. The molecule has 0 saturated carbocycles. The fourth-order valence-electron chi connectivity index (χ4n) is 4.81. The van der Waals surface area contributed by atoms with Crippen LogP contribution in [-0.4, -0.2) is 59.1 Å². The molecule has 218 valence electrons. The molecule has 3 aromatic rings. The number of hydrogen-bond donors (Lipinski definition) is 3. The largest absolute Gasteiger partial charge is 0.382 e. The zero-order valence-corrected chi connectivity index (χ0v) is 26.3. The summed E-state index contributed by atoms with van der Waals surface area (Å²) in [5, 5.41) is 14.4. The Hall–Kier alpha value is -2.70. The predicted molar refractivity (Wildman–Crippen MR) is 165 cm³/mol. The lowest BCUT2D eigenvalue weighted by Crippen LogP contribution is -2.58. The lowest BCUT2D eigenvalue weighted by Gasteiger charge is -2.33. The minimum atomic E-state index is -4.08. The van der Waals surface area contributed by atoms with Gasteiger partial charge >= 0.3 is 0 Å². The van der Waals surface area contributed by atoms with E-state index in [1.807, 2.05) is 51.1 Å². The molecule has 3 unspecified atom stereocenters. The Morgan fingerprint density at radius 2 is 1.68 bits per heavy atom. The Morgan fingerprint density at radius 3 is 2.34 bits per heavy atom. The molecule has 11 heteroatoms. The van der Waals surface area contributed by atoms with E-state index in [1.165, 1.54) is 28.8 Å². The second-order valence-corrected chi connectivity index (χ2v) is 14.8. The van der Waals surface area contributed by atoms with Gasteiger partial charge in [-0.3, -0.25) is 9.59 Å². The van der Waals surface area contributed by atoms with Gasteiger partial charge in [0.05, 0.1) is 16.8 Å². The van der Waals surface area contributed by atoms with Crippen LogP contribution in [-0.2, 0) is 32.6 Å². The molecule has 0 spiro atoms. The molecule has 41 heavy (non-hydrogen) atoms. The molecule has 1 aliphatic rings. The van der Waals surface area contributed by atoms with Gasteiger partial charge in [0.1, 0.15) is 12.1 Å². The number of sulfonamides is 1. The number of nitrogens with zero attached hydrogens (tertiary/aromatic N) is 1. The van der Waals surface area contributed by atoms with Crippen LogP contribution in [0.4, 0.5) is 0 Å². The summed E-state index contributed by atoms with van der Waals surface area (Å²) in [6, 6.07) is 20.8. The molecule has 2 amide bonds. The SMILES string of the molecule is Cc1ccccc1CNC(=O)C1N(C(=O)C(O)C(Cc2ccccc2)NS(=O)(=O)c2ccc(Br)cc2)CSC1(C)C. The standard InChI is InChI=1S/C30H34BrN3O5S2/c1-20-9-7-8-12-22(20)18-32-28(36)27-30(2,3)40-19-34(27)29(37)26(35)25(17-21-10-5-4-6-11-21)33-41(38,39)24-15-13-23(31)14-16-24/h4-16,25-27,33,35H,17-19H2,1-3H3,(H,32,36). The average molecular weight is 661 g/mol. The molecule has 0 bridgehead atoms. The molecule has 0 radical (unpaired) electrons. The molecule has 1 heterocycles. The topological polar surface area (TPSA) is 116 Å². The van der Waals surface area contributed by atoms with Crippen molar-refractivity contribution in [1.82, 2.24) is 14.9 Å². The number of aryl methyl sites for hydroxylation is 1. The number of carbonyl (C=O) groups excluding carboxylic acids is 2. The van der Waals surface area contributed by atoms with Gasteiger partial charge in [-0.25, -0.2) is 13.1 Å². The van der Waals surface area contributed by atoms with Gasteiger partial charge in [0.15, 0.2) is 0 Å². The van der Waals surface area contributed by atoms with E-state index < -0.39 is 38.9 Å². The van der Waals surface area contributed by atoms with Crippen molar-refractivity contribution in [3.63, 3.8) is 0 Å². The summed E-state index contributed by atoms with van der Waals surface area (Å²) in [6.07, 6.45) is -1.67. The predicted octanol–water partition coefficient (Wildman–Crippen LogP) is 4.00. The molecule has 3 atom stereocenters. The molecular weight excluding hydrogens is 626 g/mol. The van der Waals surface area contributed by atoms with Crippen molar-refractivity contribution in [1.29, 1.82) is 0 Å². The Bertz CT molecular complexity index is 1480. The number of benzene rings is 3. The number of nitrogens with one attached hydrogen (secondary N) is 2. The van der Waals surface area contributed by atoms with E-state index in [4.69, 9.17) is 0 Å². The Morgan fingerprint density at radius 1 is 1.05 bits per heavy atom. The first-order chi connectivity index (χ1) is 19.4. The third-order valence-electron chi connectivity index (χ3n) is 7.15. The van der Waals surface area contributed by atoms with E-state index >= 15 is 0 Å². The third kappa shape index (κ3) is 7.58. The second-order valence-electron chi connectivity index (χ2n) is 10.5. The maximum absolute atomic E-state index is 13.8. The lowest BCUT2D eigenvalue weighted by atomic mass is 9.97. The Balaban J connectivity index is 1.57. The quantitative estimate of drug-likeness (QED) is 0.303. The summed E-state index contributed by atoms with van der Waals surface area (Å²) in [5.41, 5.74) is 2.75. The van der Waals surface area contributed by atoms with Gasteiger partial charge in [0.2, 0.25) is 15.9 Å². The zero-order valence-electron chi connectivity index (χ0n) is 23.1. The number of thioether (sulfide) groups is 1. The zero-order chi connectivity index (χ0) is 29.8. The smallest absolute Gasteiger partial charge is 0.254 e. The van der Waals surface area contributed by atoms with Gasteiger partial charge in [0.25, 0.3) is 5.91 Å². The van der Waals surface area contributed by atoms with Crippen molar-refractivity contribution in [2.75, 3.05) is 5.88 Å². The number of aliphatic hydroxyl groups is 1. The van der Waals surface area contributed by atoms with Crippen LogP contribution in [0.5, 0.6) is 0 Å². The molecule has 1 saturated heterocycles. The fourth-order valence-corrected chi connectivity index (χ4v) is 7.45. The normalized spacial score (nSPS) is 18.1. The lowest BCUT2D eigenvalue weighted by molar-refractivity contribution is -0.147. The number of carbonyl (C=O) groups is 2. The molecule has 0 aromatic heterocycles. The van der Waals surface area contributed by atoms with Crippen molar-refractivity contribution in [3.05, 3.63) is 100 Å². The van der Waals surface area contributed by atoms with Crippen LogP contribution < -0.4 is 10.0 Å². The van der Waals surface area contributed by atoms with Crippen LogP contribution in [0.25, 0.3) is 0 Å². The Kier molecular flexibility index (Phi) is 9.97. The van der Waals surface area contributed by atoms with Crippen LogP contribution in [0, 0.1) is 6.92 Å². The first-order valence-corrected chi connectivity index (χ1v) is 16.4. The van der Waals surface area contributed by atoms with Crippen molar-refractivity contribution in [3.8, 4) is 0 Å². The highest BCUT2D eigenvalue weighted by atomic mass is 79.9. The molecule has 3 N–H and O–H groups in total.